The highest BCUT2D eigenvalue weighted by molar-refractivity contribution is 6.33. The molecule has 1 heterocycles. The van der Waals surface area contributed by atoms with E-state index in [0.29, 0.717) is 22.0 Å². The molecule has 7 nitrogen and oxygen atoms in total. The fraction of sp³-hybridized carbons (Fsp3) is 0.174. The van der Waals surface area contributed by atoms with Gasteiger partial charge in [0.15, 0.2) is 6.61 Å². The molecule has 0 bridgehead atoms. The van der Waals surface area contributed by atoms with Gasteiger partial charge in [-0.3, -0.25) is 9.59 Å². The summed E-state index contributed by atoms with van der Waals surface area (Å²) in [6.45, 7) is 2.97. The van der Waals surface area contributed by atoms with Crippen LogP contribution in [-0.4, -0.2) is 30.9 Å². The SMILES string of the molecule is Cc1cccc(C)c1NC(=O)CNC(=O)COC(=O)c1ccc(-c2ccccc2Cl)o1. The van der Waals surface area contributed by atoms with Crippen LogP contribution in [0.25, 0.3) is 11.3 Å². The van der Waals surface area contributed by atoms with Gasteiger partial charge in [-0.2, -0.15) is 0 Å². The van der Waals surface area contributed by atoms with Crippen LogP contribution in [0.1, 0.15) is 21.7 Å². The molecule has 2 amide bonds. The number of para-hydroxylation sites is 1. The van der Waals surface area contributed by atoms with E-state index in [1.165, 1.54) is 6.07 Å². The minimum absolute atomic E-state index is 0.0597. The molecule has 0 spiro atoms. The van der Waals surface area contributed by atoms with E-state index in [1.807, 2.05) is 32.0 Å². The molecule has 8 heteroatoms. The van der Waals surface area contributed by atoms with Gasteiger partial charge in [-0.25, -0.2) is 4.79 Å². The summed E-state index contributed by atoms with van der Waals surface area (Å²) in [5.74, 6) is -1.44. The molecule has 0 saturated heterocycles. The fourth-order valence-electron chi connectivity index (χ4n) is 2.88. The first-order valence-electron chi connectivity index (χ1n) is 9.50. The summed E-state index contributed by atoms with van der Waals surface area (Å²) in [6, 6.07) is 15.7. The maximum absolute atomic E-state index is 12.1. The summed E-state index contributed by atoms with van der Waals surface area (Å²) >= 11 is 6.12. The molecule has 0 radical (unpaired) electrons. The number of hydrogen-bond donors (Lipinski definition) is 2. The monoisotopic (exact) mass is 440 g/mol. The predicted octanol–water partition coefficient (Wildman–Crippen LogP) is 4.13. The highest BCUT2D eigenvalue weighted by atomic mass is 35.5. The van der Waals surface area contributed by atoms with E-state index in [0.717, 1.165) is 11.1 Å². The number of aryl methyl sites for hydroxylation is 2. The van der Waals surface area contributed by atoms with Crippen LogP contribution in [0.3, 0.4) is 0 Å². The molecule has 0 aliphatic rings. The normalized spacial score (nSPS) is 10.4. The molecule has 160 valence electrons. The smallest absolute Gasteiger partial charge is 0.374 e. The zero-order valence-electron chi connectivity index (χ0n) is 17.0. The van der Waals surface area contributed by atoms with Gasteiger partial charge in [0.25, 0.3) is 5.91 Å². The largest absolute Gasteiger partial charge is 0.450 e. The summed E-state index contributed by atoms with van der Waals surface area (Å²) in [4.78, 5) is 36.1. The molecule has 0 aliphatic carbocycles. The van der Waals surface area contributed by atoms with Crippen molar-refractivity contribution in [2.75, 3.05) is 18.5 Å². The molecule has 2 N–H and O–H groups in total. The van der Waals surface area contributed by atoms with Gasteiger partial charge in [-0.1, -0.05) is 41.9 Å². The zero-order valence-corrected chi connectivity index (χ0v) is 17.8. The lowest BCUT2D eigenvalue weighted by atomic mass is 10.1. The number of carbonyl (C=O) groups excluding carboxylic acids is 3. The molecular weight excluding hydrogens is 420 g/mol. The van der Waals surface area contributed by atoms with Gasteiger partial charge >= 0.3 is 5.97 Å². The van der Waals surface area contributed by atoms with Crippen molar-refractivity contribution < 1.29 is 23.5 Å². The average Bonchev–Trinajstić information content (AvgIpc) is 3.23. The number of halogens is 1. The molecule has 1 aromatic heterocycles. The van der Waals surface area contributed by atoms with Crippen molar-refractivity contribution in [3.63, 3.8) is 0 Å². The lowest BCUT2D eigenvalue weighted by molar-refractivity contribution is -0.126. The van der Waals surface area contributed by atoms with E-state index >= 15 is 0 Å². The third-order valence-electron chi connectivity index (χ3n) is 4.47. The summed E-state index contributed by atoms with van der Waals surface area (Å²) < 4.78 is 10.4. The molecule has 0 unspecified atom stereocenters. The van der Waals surface area contributed by atoms with Crippen LogP contribution in [0.4, 0.5) is 5.69 Å². The summed E-state index contributed by atoms with van der Waals surface area (Å²) in [5, 5.41) is 5.65. The van der Waals surface area contributed by atoms with E-state index in [1.54, 1.807) is 30.3 Å². The van der Waals surface area contributed by atoms with Gasteiger partial charge in [0.2, 0.25) is 11.7 Å². The minimum atomic E-state index is -0.798. The van der Waals surface area contributed by atoms with E-state index in [9.17, 15) is 14.4 Å². The molecule has 0 aliphatic heterocycles. The predicted molar refractivity (Wildman–Crippen MR) is 117 cm³/mol. The summed E-state index contributed by atoms with van der Waals surface area (Å²) in [7, 11) is 0. The Morgan fingerprint density at radius 2 is 1.65 bits per heavy atom. The lowest BCUT2D eigenvalue weighted by Gasteiger charge is -2.12. The zero-order chi connectivity index (χ0) is 22.4. The topological polar surface area (TPSA) is 97.6 Å². The number of carbonyl (C=O) groups is 3. The average molecular weight is 441 g/mol. The molecule has 0 atom stereocenters. The van der Waals surface area contributed by atoms with Gasteiger partial charge in [-0.15, -0.1) is 0 Å². The Morgan fingerprint density at radius 3 is 2.35 bits per heavy atom. The Kier molecular flexibility index (Phi) is 7.10. The number of esters is 1. The van der Waals surface area contributed by atoms with Crippen LogP contribution < -0.4 is 10.6 Å². The second-order valence-corrected chi connectivity index (χ2v) is 7.22. The summed E-state index contributed by atoms with van der Waals surface area (Å²) in [5.41, 5.74) is 3.18. The molecule has 0 fully saturated rings. The van der Waals surface area contributed by atoms with E-state index in [4.69, 9.17) is 20.8 Å². The summed E-state index contributed by atoms with van der Waals surface area (Å²) in [6.07, 6.45) is 0. The first kappa shape index (κ1) is 22.1. The number of amides is 2. The number of hydrogen-bond acceptors (Lipinski definition) is 5. The maximum Gasteiger partial charge on any atom is 0.374 e. The number of rotatable bonds is 7. The van der Waals surface area contributed by atoms with Crippen molar-refractivity contribution in [1.29, 1.82) is 0 Å². The number of anilines is 1. The van der Waals surface area contributed by atoms with Crippen molar-refractivity contribution >= 4 is 35.1 Å². The van der Waals surface area contributed by atoms with Gasteiger partial charge in [0.05, 0.1) is 11.6 Å². The van der Waals surface area contributed by atoms with E-state index in [2.05, 4.69) is 10.6 Å². The minimum Gasteiger partial charge on any atom is -0.450 e. The molecule has 31 heavy (non-hydrogen) atoms. The third-order valence-corrected chi connectivity index (χ3v) is 4.80. The van der Waals surface area contributed by atoms with Crippen molar-refractivity contribution in [1.82, 2.24) is 5.32 Å². The molecule has 3 rings (SSSR count). The second-order valence-electron chi connectivity index (χ2n) is 6.81. The molecule has 3 aromatic rings. The Hall–Kier alpha value is -3.58. The second kappa shape index (κ2) is 9.95. The number of furan rings is 1. The van der Waals surface area contributed by atoms with Crippen molar-refractivity contribution in [2.45, 2.75) is 13.8 Å². The van der Waals surface area contributed by atoms with Crippen LogP contribution in [0, 0.1) is 13.8 Å². The first-order valence-corrected chi connectivity index (χ1v) is 9.87. The molecular formula is C23H21ClN2O5. The van der Waals surface area contributed by atoms with Crippen LogP contribution in [0.5, 0.6) is 0 Å². The molecule has 0 saturated carbocycles. The Balaban J connectivity index is 1.47. The Morgan fingerprint density at radius 1 is 0.935 bits per heavy atom. The van der Waals surface area contributed by atoms with Crippen molar-refractivity contribution in [3.05, 3.63) is 76.5 Å². The van der Waals surface area contributed by atoms with Crippen molar-refractivity contribution in [2.24, 2.45) is 0 Å². The fourth-order valence-corrected chi connectivity index (χ4v) is 3.11. The Bertz CT molecular complexity index is 1100. The Labute approximate surface area is 184 Å². The van der Waals surface area contributed by atoms with Gasteiger partial charge in [0, 0.05) is 11.3 Å². The van der Waals surface area contributed by atoms with Crippen LogP contribution in [0.2, 0.25) is 5.02 Å². The first-order chi connectivity index (χ1) is 14.8. The lowest BCUT2D eigenvalue weighted by Crippen LogP contribution is -2.35. The van der Waals surface area contributed by atoms with Crippen LogP contribution >= 0.6 is 11.6 Å². The highest BCUT2D eigenvalue weighted by Gasteiger charge is 2.17. The molecule has 2 aromatic carbocycles. The number of nitrogens with one attached hydrogen (secondary N) is 2. The van der Waals surface area contributed by atoms with Crippen LogP contribution in [-0.2, 0) is 14.3 Å². The highest BCUT2D eigenvalue weighted by Crippen LogP contribution is 2.29. The van der Waals surface area contributed by atoms with E-state index < -0.39 is 18.5 Å². The van der Waals surface area contributed by atoms with Gasteiger partial charge < -0.3 is 19.8 Å². The third kappa shape index (κ3) is 5.73. The van der Waals surface area contributed by atoms with Crippen LogP contribution in [0.15, 0.2) is 59.0 Å². The number of ether oxygens (including phenoxy) is 1. The van der Waals surface area contributed by atoms with Gasteiger partial charge in [-0.05, 0) is 49.2 Å². The van der Waals surface area contributed by atoms with Crippen molar-refractivity contribution in [3.8, 4) is 11.3 Å². The maximum atomic E-state index is 12.1. The van der Waals surface area contributed by atoms with E-state index in [-0.39, 0.29) is 18.2 Å². The van der Waals surface area contributed by atoms with Gasteiger partial charge in [0.1, 0.15) is 5.76 Å². The standard InChI is InChI=1S/C23H21ClN2O5/c1-14-6-5-7-15(2)22(14)26-20(27)12-25-21(28)13-30-23(29)19-11-10-18(31-19)16-8-3-4-9-17(16)24/h3-11H,12-13H2,1-2H3,(H,25,28)(H,26,27). The quantitative estimate of drug-likeness (QED) is 0.538. The number of benzene rings is 2.